The quantitative estimate of drug-likeness (QED) is 0.406. The fourth-order valence-corrected chi connectivity index (χ4v) is 3.65. The Morgan fingerprint density at radius 2 is 1.91 bits per heavy atom. The van der Waals surface area contributed by atoms with Crippen molar-refractivity contribution in [1.29, 1.82) is 5.26 Å². The number of nitrogens with zero attached hydrogens (tertiary/aromatic N) is 3. The lowest BCUT2D eigenvalue weighted by molar-refractivity contribution is 0.444. The molecule has 5 aromatic rings. The summed E-state index contributed by atoms with van der Waals surface area (Å²) in [6.45, 7) is 1.41. The standard InChI is InChI=1S/C25H14F2N4O2/c1-13-22(7-6-16(26)24(13)27)33-25-15(10-14-4-2-3-5-17(14)31-25)19-11-21(32)23-18(30-19)8-9-29-20(23)12-28/h2-11H,1H3,(H,30,32). The average molecular weight is 440 g/mol. The normalized spacial score (nSPS) is 11.0. The monoisotopic (exact) mass is 440 g/mol. The minimum absolute atomic E-state index is 0.00681. The third-order valence-corrected chi connectivity index (χ3v) is 5.32. The number of pyridine rings is 3. The molecular formula is C25H14F2N4O2. The Hall–Kier alpha value is -4.64. The number of hydrogen-bond donors (Lipinski definition) is 1. The highest BCUT2D eigenvalue weighted by Crippen LogP contribution is 2.35. The highest BCUT2D eigenvalue weighted by atomic mass is 19.2. The number of aromatic nitrogens is 3. The predicted molar refractivity (Wildman–Crippen MR) is 119 cm³/mol. The van der Waals surface area contributed by atoms with Crippen LogP contribution in [0.25, 0.3) is 33.1 Å². The second-order valence-electron chi connectivity index (χ2n) is 7.36. The first-order chi connectivity index (χ1) is 16.0. The zero-order chi connectivity index (χ0) is 23.1. The molecule has 0 aliphatic heterocycles. The van der Waals surface area contributed by atoms with Crippen LogP contribution in [0.1, 0.15) is 11.3 Å². The van der Waals surface area contributed by atoms with Crippen LogP contribution < -0.4 is 10.2 Å². The van der Waals surface area contributed by atoms with Crippen molar-refractivity contribution in [2.24, 2.45) is 0 Å². The molecule has 0 radical (unpaired) electrons. The number of hydrogen-bond acceptors (Lipinski definition) is 5. The smallest absolute Gasteiger partial charge is 0.229 e. The van der Waals surface area contributed by atoms with Crippen LogP contribution >= 0.6 is 0 Å². The molecule has 0 saturated heterocycles. The van der Waals surface area contributed by atoms with Gasteiger partial charge >= 0.3 is 0 Å². The first kappa shape index (κ1) is 20.3. The summed E-state index contributed by atoms with van der Waals surface area (Å²) in [4.78, 5) is 24.5. The van der Waals surface area contributed by atoms with Crippen molar-refractivity contribution < 1.29 is 13.5 Å². The van der Waals surface area contributed by atoms with Crippen molar-refractivity contribution in [2.45, 2.75) is 6.92 Å². The van der Waals surface area contributed by atoms with Gasteiger partial charge < -0.3 is 9.72 Å². The van der Waals surface area contributed by atoms with E-state index in [0.717, 1.165) is 11.5 Å². The summed E-state index contributed by atoms with van der Waals surface area (Å²) in [7, 11) is 0. The number of para-hydroxylation sites is 1. The number of benzene rings is 2. The predicted octanol–water partition coefficient (Wildman–Crippen LogP) is 5.39. The van der Waals surface area contributed by atoms with E-state index in [-0.39, 0.29) is 28.3 Å². The van der Waals surface area contributed by atoms with Crippen LogP contribution in [0.5, 0.6) is 11.6 Å². The number of fused-ring (bicyclic) bond motifs is 2. The van der Waals surface area contributed by atoms with Gasteiger partial charge in [-0.05, 0) is 37.3 Å². The van der Waals surface area contributed by atoms with Crippen molar-refractivity contribution in [3.05, 3.63) is 93.9 Å². The maximum Gasteiger partial charge on any atom is 0.229 e. The molecule has 2 aromatic carbocycles. The summed E-state index contributed by atoms with van der Waals surface area (Å²) in [5.74, 6) is -1.79. The minimum Gasteiger partial charge on any atom is -0.438 e. The van der Waals surface area contributed by atoms with Gasteiger partial charge in [-0.25, -0.2) is 18.7 Å². The van der Waals surface area contributed by atoms with Gasteiger partial charge in [-0.2, -0.15) is 5.26 Å². The molecule has 0 atom stereocenters. The number of aromatic amines is 1. The van der Waals surface area contributed by atoms with Crippen LogP contribution in [-0.2, 0) is 0 Å². The summed E-state index contributed by atoms with van der Waals surface area (Å²) in [6, 6.07) is 16.2. The number of nitrogens with one attached hydrogen (secondary N) is 1. The van der Waals surface area contributed by atoms with E-state index in [0.29, 0.717) is 22.3 Å². The lowest BCUT2D eigenvalue weighted by atomic mass is 10.1. The fraction of sp³-hybridized carbons (Fsp3) is 0.0400. The first-order valence-electron chi connectivity index (χ1n) is 9.91. The molecule has 0 aliphatic rings. The molecule has 5 rings (SSSR count). The molecule has 0 saturated carbocycles. The number of rotatable bonds is 3. The molecule has 8 heteroatoms. The number of H-pyrrole nitrogens is 1. The summed E-state index contributed by atoms with van der Waals surface area (Å²) in [5.41, 5.74) is 1.48. The third-order valence-electron chi connectivity index (χ3n) is 5.32. The summed E-state index contributed by atoms with van der Waals surface area (Å²) in [6.07, 6.45) is 1.43. The molecule has 0 unspecified atom stereocenters. The van der Waals surface area contributed by atoms with Crippen molar-refractivity contribution in [1.82, 2.24) is 15.0 Å². The maximum absolute atomic E-state index is 14.1. The van der Waals surface area contributed by atoms with Crippen molar-refractivity contribution in [3.8, 4) is 29.0 Å². The van der Waals surface area contributed by atoms with E-state index < -0.39 is 17.1 Å². The topological polar surface area (TPSA) is 91.7 Å². The number of nitriles is 1. The average Bonchev–Trinajstić information content (AvgIpc) is 2.83. The molecule has 33 heavy (non-hydrogen) atoms. The van der Waals surface area contributed by atoms with Crippen molar-refractivity contribution in [3.63, 3.8) is 0 Å². The van der Waals surface area contributed by atoms with E-state index in [1.54, 1.807) is 18.2 Å². The van der Waals surface area contributed by atoms with Gasteiger partial charge in [0.25, 0.3) is 0 Å². The van der Waals surface area contributed by atoms with Gasteiger partial charge in [0.2, 0.25) is 5.88 Å². The number of halogens is 2. The van der Waals surface area contributed by atoms with Crippen LogP contribution in [0.2, 0.25) is 0 Å². The zero-order valence-electron chi connectivity index (χ0n) is 17.2. The Morgan fingerprint density at radius 3 is 2.73 bits per heavy atom. The van der Waals surface area contributed by atoms with Crippen molar-refractivity contribution >= 4 is 21.8 Å². The second-order valence-corrected chi connectivity index (χ2v) is 7.36. The molecule has 0 amide bonds. The van der Waals surface area contributed by atoms with Crippen LogP contribution in [0, 0.1) is 29.9 Å². The summed E-state index contributed by atoms with van der Waals surface area (Å²) >= 11 is 0. The summed E-state index contributed by atoms with van der Waals surface area (Å²) in [5, 5.41) is 10.3. The molecule has 0 aliphatic carbocycles. The van der Waals surface area contributed by atoms with E-state index in [1.807, 2.05) is 24.3 Å². The van der Waals surface area contributed by atoms with Crippen LogP contribution in [0.3, 0.4) is 0 Å². The first-order valence-corrected chi connectivity index (χ1v) is 9.91. The van der Waals surface area contributed by atoms with Gasteiger partial charge in [-0.15, -0.1) is 0 Å². The van der Waals surface area contributed by atoms with Gasteiger partial charge in [0.05, 0.1) is 27.7 Å². The van der Waals surface area contributed by atoms with E-state index in [9.17, 15) is 18.8 Å². The second kappa shape index (κ2) is 7.80. The molecule has 160 valence electrons. The van der Waals surface area contributed by atoms with Gasteiger partial charge in [0.15, 0.2) is 22.8 Å². The number of ether oxygens (including phenoxy) is 1. The molecule has 6 nitrogen and oxygen atoms in total. The Balaban J connectivity index is 1.75. The van der Waals surface area contributed by atoms with Crippen molar-refractivity contribution in [2.75, 3.05) is 0 Å². The van der Waals surface area contributed by atoms with Gasteiger partial charge in [0, 0.05) is 23.2 Å². The SMILES string of the molecule is Cc1c(Oc2nc3ccccc3cc2-c2cc(=O)c3c(C#N)nccc3[nH]2)ccc(F)c1F. The Bertz CT molecular complexity index is 1670. The third kappa shape index (κ3) is 3.46. The van der Waals surface area contributed by atoms with E-state index in [1.165, 1.54) is 25.3 Å². The molecular weight excluding hydrogens is 426 g/mol. The van der Waals surface area contributed by atoms with E-state index >= 15 is 0 Å². The Kier molecular flexibility index (Phi) is 4.79. The van der Waals surface area contributed by atoms with Gasteiger partial charge in [0.1, 0.15) is 11.8 Å². The molecule has 3 aromatic heterocycles. The lowest BCUT2D eigenvalue weighted by Gasteiger charge is -2.14. The van der Waals surface area contributed by atoms with Gasteiger partial charge in [-0.3, -0.25) is 4.79 Å². The Morgan fingerprint density at radius 1 is 1.09 bits per heavy atom. The molecule has 0 fully saturated rings. The fourth-order valence-electron chi connectivity index (χ4n) is 3.65. The zero-order valence-corrected chi connectivity index (χ0v) is 17.2. The molecule has 0 bridgehead atoms. The van der Waals surface area contributed by atoms with Gasteiger partial charge in [-0.1, -0.05) is 18.2 Å². The largest absolute Gasteiger partial charge is 0.438 e. The molecule has 3 heterocycles. The summed E-state index contributed by atoms with van der Waals surface area (Å²) < 4.78 is 33.6. The Labute approximate surface area is 185 Å². The molecule has 0 spiro atoms. The highest BCUT2D eigenvalue weighted by molar-refractivity contribution is 5.89. The maximum atomic E-state index is 14.1. The van der Waals surface area contributed by atoms with E-state index in [2.05, 4.69) is 15.0 Å². The van der Waals surface area contributed by atoms with Crippen LogP contribution in [0.4, 0.5) is 8.78 Å². The highest BCUT2D eigenvalue weighted by Gasteiger charge is 2.18. The van der Waals surface area contributed by atoms with E-state index in [4.69, 9.17) is 4.74 Å². The van der Waals surface area contributed by atoms with Crippen LogP contribution in [-0.4, -0.2) is 15.0 Å². The lowest BCUT2D eigenvalue weighted by Crippen LogP contribution is -2.07. The minimum atomic E-state index is -1.01. The van der Waals surface area contributed by atoms with Crippen LogP contribution in [0.15, 0.2) is 65.6 Å². The molecule has 1 N–H and O–H groups in total.